The average Bonchev–Trinajstić information content (AvgIpc) is 2.75. The molecule has 0 rings (SSSR count). The number of ether oxygens (including phenoxy) is 1. The van der Waals surface area contributed by atoms with Crippen LogP contribution in [0.15, 0.2) is 12.2 Å². The first-order chi connectivity index (χ1) is 14.2. The summed E-state index contributed by atoms with van der Waals surface area (Å²) in [5, 5.41) is 0. The Hall–Kier alpha value is -0.243. The van der Waals surface area contributed by atoms with Gasteiger partial charge in [0.05, 0.1) is 0 Å². The van der Waals surface area contributed by atoms with Crippen molar-refractivity contribution in [1.82, 2.24) is 0 Å². The topological polar surface area (TPSA) is 68.4 Å². The summed E-state index contributed by atoms with van der Waals surface area (Å²) < 4.78 is 22.0. The summed E-state index contributed by atoms with van der Waals surface area (Å²) in [6.45, 7) is 3.90. The number of hydrogen-bond acceptors (Lipinski definition) is 4. The van der Waals surface area contributed by atoms with E-state index in [1.54, 1.807) is 21.3 Å². The summed E-state index contributed by atoms with van der Waals surface area (Å²) in [5.41, 5.74) is 0. The van der Waals surface area contributed by atoms with Gasteiger partial charge in [0.15, 0.2) is 0 Å². The summed E-state index contributed by atoms with van der Waals surface area (Å²) in [6.07, 6.45) is 24.5. The molecule has 0 aromatic carbocycles. The number of unbranched alkanes of at least 4 members (excludes halogenated alkanes) is 12. The number of hydrogen-bond donors (Lipinski definition) is 0. The van der Waals surface area contributed by atoms with Crippen molar-refractivity contribution in [2.75, 3.05) is 34.5 Å². The molecule has 0 bridgehead atoms. The molecule has 0 aliphatic heterocycles. The van der Waals surface area contributed by atoms with Gasteiger partial charge in [-0.3, -0.25) is 0 Å². The maximum atomic E-state index is 5.73. The molecule has 0 aromatic heterocycles. The molecule has 0 aliphatic rings. The molecular formula is C24H52O5Si. The van der Waals surface area contributed by atoms with Crippen molar-refractivity contribution >= 4 is 8.80 Å². The molecule has 0 atom stereocenters. The molecule has 0 heterocycles. The standard InChI is InChI=1S/C24H50O4Si.H2O/c1-5-6-7-8-9-10-11-12-13-14-15-16-17-18-19-20-22-28-23-21-24-29(25-2,26-3)27-4;/h12-13H,5-11,14-24H2,1-4H3;1H2/b13-12-;. The van der Waals surface area contributed by atoms with Crippen LogP contribution in [0.3, 0.4) is 0 Å². The maximum absolute atomic E-state index is 5.73. The zero-order valence-electron chi connectivity index (χ0n) is 20.5. The third kappa shape index (κ3) is 19.7. The Bertz CT molecular complexity index is 340. The monoisotopic (exact) mass is 448 g/mol. The normalized spacial score (nSPS) is 11.9. The third-order valence-electron chi connectivity index (χ3n) is 5.51. The van der Waals surface area contributed by atoms with Crippen LogP contribution >= 0.6 is 0 Å². The summed E-state index contributed by atoms with van der Waals surface area (Å²) in [7, 11) is 2.56. The molecule has 0 saturated carbocycles. The maximum Gasteiger partial charge on any atom is 0.500 e. The first-order valence-electron chi connectivity index (χ1n) is 12.1. The lowest BCUT2D eigenvalue weighted by Gasteiger charge is -2.24. The van der Waals surface area contributed by atoms with Crippen molar-refractivity contribution < 1.29 is 23.5 Å². The molecule has 0 amide bonds. The second-order valence-electron chi connectivity index (χ2n) is 7.95. The van der Waals surface area contributed by atoms with Gasteiger partial charge in [0.1, 0.15) is 0 Å². The summed E-state index contributed by atoms with van der Waals surface area (Å²) in [4.78, 5) is 0. The highest BCUT2D eigenvalue weighted by Gasteiger charge is 2.36. The van der Waals surface area contributed by atoms with Crippen molar-refractivity contribution in [3.8, 4) is 0 Å². The van der Waals surface area contributed by atoms with Crippen LogP contribution in [0.2, 0.25) is 6.04 Å². The van der Waals surface area contributed by atoms with E-state index in [4.69, 9.17) is 18.0 Å². The van der Waals surface area contributed by atoms with E-state index in [-0.39, 0.29) is 5.48 Å². The van der Waals surface area contributed by atoms with Gasteiger partial charge >= 0.3 is 8.80 Å². The van der Waals surface area contributed by atoms with Gasteiger partial charge in [-0.05, 0) is 38.5 Å². The minimum absolute atomic E-state index is 0. The first kappa shape index (κ1) is 31.9. The zero-order chi connectivity index (χ0) is 21.5. The average molecular weight is 449 g/mol. The molecule has 2 N–H and O–H groups in total. The van der Waals surface area contributed by atoms with Crippen molar-refractivity contribution in [2.45, 2.75) is 109 Å². The quantitative estimate of drug-likeness (QED) is 0.102. The fourth-order valence-electron chi connectivity index (χ4n) is 3.50. The highest BCUT2D eigenvalue weighted by atomic mass is 28.4. The van der Waals surface area contributed by atoms with Gasteiger partial charge in [0, 0.05) is 40.6 Å². The Morgan fingerprint density at radius 3 is 1.50 bits per heavy atom. The Morgan fingerprint density at radius 1 is 0.567 bits per heavy atom. The Labute approximate surface area is 188 Å². The molecule has 6 heteroatoms. The van der Waals surface area contributed by atoms with Gasteiger partial charge in [-0.1, -0.05) is 76.9 Å². The van der Waals surface area contributed by atoms with E-state index in [0.717, 1.165) is 25.7 Å². The summed E-state index contributed by atoms with van der Waals surface area (Å²) in [5.74, 6) is 0. The smallest absolute Gasteiger partial charge is 0.412 e. The van der Waals surface area contributed by atoms with E-state index in [9.17, 15) is 0 Å². The SMILES string of the molecule is CCCCCCCC/C=C\CCCCCCCCOCCC[Si](OC)(OC)OC.O. The lowest BCUT2D eigenvalue weighted by Crippen LogP contribution is -2.42. The van der Waals surface area contributed by atoms with Gasteiger partial charge in [0.2, 0.25) is 0 Å². The predicted molar refractivity (Wildman–Crippen MR) is 130 cm³/mol. The highest BCUT2D eigenvalue weighted by molar-refractivity contribution is 6.60. The van der Waals surface area contributed by atoms with Gasteiger partial charge in [0.25, 0.3) is 0 Å². The van der Waals surface area contributed by atoms with E-state index >= 15 is 0 Å². The van der Waals surface area contributed by atoms with Gasteiger partial charge in [-0.25, -0.2) is 0 Å². The molecule has 182 valence electrons. The Balaban J connectivity index is 0. The van der Waals surface area contributed by atoms with Gasteiger partial charge in [-0.15, -0.1) is 0 Å². The zero-order valence-corrected chi connectivity index (χ0v) is 21.5. The lowest BCUT2D eigenvalue weighted by atomic mass is 10.1. The van der Waals surface area contributed by atoms with Crippen molar-refractivity contribution in [1.29, 1.82) is 0 Å². The van der Waals surface area contributed by atoms with E-state index in [2.05, 4.69) is 19.1 Å². The number of allylic oxidation sites excluding steroid dienone is 2. The van der Waals surface area contributed by atoms with E-state index < -0.39 is 8.80 Å². The van der Waals surface area contributed by atoms with E-state index in [0.29, 0.717) is 0 Å². The number of rotatable bonds is 23. The van der Waals surface area contributed by atoms with E-state index in [1.807, 2.05) is 0 Å². The molecule has 0 spiro atoms. The highest BCUT2D eigenvalue weighted by Crippen LogP contribution is 2.15. The fraction of sp³-hybridized carbons (Fsp3) is 0.917. The second kappa shape index (κ2) is 25.0. The molecule has 0 saturated heterocycles. The minimum Gasteiger partial charge on any atom is -0.412 e. The van der Waals surface area contributed by atoms with Crippen LogP contribution in [0.5, 0.6) is 0 Å². The molecule has 30 heavy (non-hydrogen) atoms. The van der Waals surface area contributed by atoms with Crippen molar-refractivity contribution in [3.05, 3.63) is 12.2 Å². The van der Waals surface area contributed by atoms with Crippen molar-refractivity contribution in [3.63, 3.8) is 0 Å². The minimum atomic E-state index is -2.42. The lowest BCUT2D eigenvalue weighted by molar-refractivity contribution is 0.106. The van der Waals surface area contributed by atoms with Crippen LogP contribution in [-0.4, -0.2) is 48.8 Å². The molecule has 0 aromatic rings. The predicted octanol–water partition coefficient (Wildman–Crippen LogP) is 6.48. The van der Waals surface area contributed by atoms with Crippen LogP contribution in [0, 0.1) is 0 Å². The summed E-state index contributed by atoms with van der Waals surface area (Å²) >= 11 is 0. The molecule has 0 radical (unpaired) electrons. The van der Waals surface area contributed by atoms with Gasteiger partial charge < -0.3 is 23.5 Å². The Kier molecular flexibility index (Phi) is 26.6. The fourth-order valence-corrected chi connectivity index (χ4v) is 5.19. The van der Waals surface area contributed by atoms with Crippen molar-refractivity contribution in [2.24, 2.45) is 0 Å². The van der Waals surface area contributed by atoms with Crippen LogP contribution in [-0.2, 0) is 18.0 Å². The van der Waals surface area contributed by atoms with Crippen LogP contribution < -0.4 is 0 Å². The molecular weight excluding hydrogens is 396 g/mol. The summed E-state index contributed by atoms with van der Waals surface area (Å²) in [6, 6.07) is 0.809. The van der Waals surface area contributed by atoms with Crippen LogP contribution in [0.1, 0.15) is 103 Å². The van der Waals surface area contributed by atoms with Crippen LogP contribution in [0.25, 0.3) is 0 Å². The largest absolute Gasteiger partial charge is 0.500 e. The van der Waals surface area contributed by atoms with Crippen LogP contribution in [0.4, 0.5) is 0 Å². The Morgan fingerprint density at radius 2 is 1.00 bits per heavy atom. The molecule has 0 aliphatic carbocycles. The first-order valence-corrected chi connectivity index (χ1v) is 14.1. The van der Waals surface area contributed by atoms with Gasteiger partial charge in [-0.2, -0.15) is 0 Å². The molecule has 5 nitrogen and oxygen atoms in total. The second-order valence-corrected chi connectivity index (χ2v) is 11.0. The third-order valence-corrected chi connectivity index (χ3v) is 8.34. The van der Waals surface area contributed by atoms with E-state index in [1.165, 1.54) is 89.9 Å². The molecule has 0 fully saturated rings. The molecule has 0 unspecified atom stereocenters.